The van der Waals surface area contributed by atoms with E-state index in [0.29, 0.717) is 22.8 Å². The Hall–Kier alpha value is -4.56. The molecule has 42 heavy (non-hydrogen) atoms. The lowest BCUT2D eigenvalue weighted by molar-refractivity contribution is -0.137. The van der Waals surface area contributed by atoms with E-state index in [1.165, 1.54) is 33.7 Å². The maximum atomic E-state index is 12.8. The second-order valence-corrected chi connectivity index (χ2v) is 10.2. The number of aromatic nitrogens is 4. The van der Waals surface area contributed by atoms with Crippen molar-refractivity contribution in [2.45, 2.75) is 26.1 Å². The third-order valence-corrected chi connectivity index (χ3v) is 7.30. The fourth-order valence-corrected chi connectivity index (χ4v) is 4.99. The molecule has 0 radical (unpaired) electrons. The van der Waals surface area contributed by atoms with Crippen molar-refractivity contribution in [3.05, 3.63) is 83.8 Å². The van der Waals surface area contributed by atoms with Gasteiger partial charge in [-0.2, -0.15) is 18.2 Å². The average Bonchev–Trinajstić information content (AvgIpc) is 3.59. The number of urea groups is 1. The van der Waals surface area contributed by atoms with Gasteiger partial charge in [-0.15, -0.1) is 5.10 Å². The minimum atomic E-state index is -4.48. The van der Waals surface area contributed by atoms with E-state index in [1.54, 1.807) is 31.4 Å². The zero-order chi connectivity index (χ0) is 30.0. The number of benzene rings is 2. The smallest absolute Gasteiger partial charge is 0.377 e. The highest BCUT2D eigenvalue weighted by atomic mass is 32.2. The van der Waals surface area contributed by atoms with Crippen LogP contribution in [0.2, 0.25) is 0 Å². The molecule has 1 atom stereocenters. The number of halogens is 3. The molecule has 0 bridgehead atoms. The van der Waals surface area contributed by atoms with Crippen LogP contribution in [0.15, 0.2) is 72.1 Å². The molecule has 1 saturated heterocycles. The lowest BCUT2D eigenvalue weighted by Crippen LogP contribution is -2.31. The fourth-order valence-electron chi connectivity index (χ4n) is 4.14. The lowest BCUT2D eigenvalue weighted by atomic mass is 10.0. The zero-order valence-corrected chi connectivity index (χ0v) is 23.4. The molecule has 2 aromatic carbocycles. The van der Waals surface area contributed by atoms with Crippen LogP contribution in [0.3, 0.4) is 0 Å². The van der Waals surface area contributed by atoms with E-state index in [9.17, 15) is 22.8 Å². The molecule has 1 unspecified atom stereocenters. The van der Waals surface area contributed by atoms with Gasteiger partial charge < -0.3 is 10.1 Å². The number of anilines is 2. The van der Waals surface area contributed by atoms with Gasteiger partial charge in [0.05, 0.1) is 23.1 Å². The second kappa shape index (κ2) is 11.7. The molecule has 216 valence electrons. The first-order valence-electron chi connectivity index (χ1n) is 12.6. The van der Waals surface area contributed by atoms with E-state index in [-0.39, 0.29) is 28.7 Å². The SMILES string of the molecule is COC(C)c1ccc(C)cc1N1C(=O)CS/C1=N\C(=O)Nc1ccc(-c2ncn(-c3ccc(C(F)(F)F)cn3)n2)cc1. The number of methoxy groups -OCH3 is 1. The molecule has 4 aromatic rings. The first kappa shape index (κ1) is 29.0. The number of hydrogen-bond donors (Lipinski definition) is 1. The fraction of sp³-hybridized carbons (Fsp3) is 0.214. The van der Waals surface area contributed by atoms with Gasteiger partial charge in [-0.1, -0.05) is 23.9 Å². The van der Waals surface area contributed by atoms with E-state index in [0.717, 1.165) is 23.4 Å². The van der Waals surface area contributed by atoms with Gasteiger partial charge >= 0.3 is 12.2 Å². The maximum Gasteiger partial charge on any atom is 0.417 e. The number of thioether (sulfide) groups is 1. The summed E-state index contributed by atoms with van der Waals surface area (Å²) in [6, 6.07) is 13.8. The van der Waals surface area contributed by atoms with Crippen LogP contribution in [-0.2, 0) is 15.7 Å². The van der Waals surface area contributed by atoms with E-state index < -0.39 is 17.8 Å². The van der Waals surface area contributed by atoms with E-state index >= 15 is 0 Å². The Kier molecular flexibility index (Phi) is 8.09. The van der Waals surface area contributed by atoms with E-state index in [4.69, 9.17) is 4.74 Å². The van der Waals surface area contributed by atoms with Gasteiger partial charge in [0, 0.05) is 30.1 Å². The number of hydrogen-bond acceptors (Lipinski definition) is 7. The van der Waals surface area contributed by atoms with E-state index in [2.05, 4.69) is 25.4 Å². The molecule has 0 spiro atoms. The van der Waals surface area contributed by atoms with Crippen LogP contribution in [0.25, 0.3) is 17.2 Å². The standard InChI is InChI=1S/C28H24F3N7O3S/c1-16-4-10-21(17(2)41-3)22(12-16)38-24(39)14-42-27(38)35-26(40)34-20-8-5-18(6-9-20)25-33-15-37(36-25)23-11-7-19(13-32-23)28(29,30)31/h4-13,15,17H,14H2,1-3H3,(H,34,40)/b35-27-. The zero-order valence-electron chi connectivity index (χ0n) is 22.6. The summed E-state index contributed by atoms with van der Waals surface area (Å²) in [5.41, 5.74) is 2.55. The molecule has 3 heterocycles. The van der Waals surface area contributed by atoms with Crippen molar-refractivity contribution >= 4 is 40.2 Å². The van der Waals surface area contributed by atoms with Crippen LogP contribution < -0.4 is 10.2 Å². The molecule has 0 saturated carbocycles. The van der Waals surface area contributed by atoms with Gasteiger partial charge in [0.25, 0.3) is 0 Å². The number of amidine groups is 1. The minimum absolute atomic E-state index is 0.150. The Bertz CT molecular complexity index is 1650. The normalized spacial score (nSPS) is 15.3. The first-order chi connectivity index (χ1) is 20.0. The van der Waals surface area contributed by atoms with Gasteiger partial charge in [-0.25, -0.2) is 19.4 Å². The van der Waals surface area contributed by atoms with Crippen LogP contribution in [0.1, 0.15) is 29.7 Å². The third-order valence-electron chi connectivity index (χ3n) is 6.38. The quantitative estimate of drug-likeness (QED) is 0.289. The van der Waals surface area contributed by atoms with Crippen molar-refractivity contribution in [3.63, 3.8) is 0 Å². The molecule has 5 rings (SSSR count). The molecule has 3 amide bonds. The molecule has 1 aliphatic rings. The van der Waals surface area contributed by atoms with Crippen molar-refractivity contribution in [3.8, 4) is 17.2 Å². The summed E-state index contributed by atoms with van der Waals surface area (Å²) in [4.78, 5) is 39.2. The molecule has 1 aliphatic heterocycles. The predicted molar refractivity (Wildman–Crippen MR) is 153 cm³/mol. The van der Waals surface area contributed by atoms with Crippen molar-refractivity contribution in [2.75, 3.05) is 23.1 Å². The number of rotatable bonds is 6. The Morgan fingerprint density at radius 3 is 2.55 bits per heavy atom. The van der Waals surface area contributed by atoms with Crippen LogP contribution in [-0.4, -0.2) is 49.7 Å². The van der Waals surface area contributed by atoms with Crippen LogP contribution in [0.4, 0.5) is 29.3 Å². The summed E-state index contributed by atoms with van der Waals surface area (Å²) in [6.45, 7) is 3.79. The lowest BCUT2D eigenvalue weighted by Gasteiger charge is -2.23. The number of aliphatic imine (C=N–C) groups is 1. The predicted octanol–water partition coefficient (Wildman–Crippen LogP) is 6.03. The summed E-state index contributed by atoms with van der Waals surface area (Å²) in [6.07, 6.45) is -2.69. The van der Waals surface area contributed by atoms with Gasteiger partial charge in [0.2, 0.25) is 5.91 Å². The van der Waals surface area contributed by atoms with Crippen LogP contribution in [0.5, 0.6) is 0 Å². The number of ether oxygens (including phenoxy) is 1. The van der Waals surface area contributed by atoms with E-state index in [1.807, 2.05) is 32.0 Å². The summed E-state index contributed by atoms with van der Waals surface area (Å²) >= 11 is 1.17. The molecule has 1 fully saturated rings. The summed E-state index contributed by atoms with van der Waals surface area (Å²) in [5, 5.41) is 7.23. The summed E-state index contributed by atoms with van der Waals surface area (Å²) in [7, 11) is 1.58. The average molecular weight is 596 g/mol. The monoisotopic (exact) mass is 595 g/mol. The third kappa shape index (κ3) is 6.19. The van der Waals surface area contributed by atoms with Gasteiger partial charge in [-0.3, -0.25) is 9.69 Å². The van der Waals surface area contributed by atoms with Crippen molar-refractivity contribution in [2.24, 2.45) is 4.99 Å². The van der Waals surface area contributed by atoms with Gasteiger partial charge in [0.1, 0.15) is 6.33 Å². The molecular weight excluding hydrogens is 571 g/mol. The Morgan fingerprint density at radius 2 is 1.88 bits per heavy atom. The van der Waals surface area contributed by atoms with Crippen LogP contribution >= 0.6 is 11.8 Å². The molecule has 0 aliphatic carbocycles. The van der Waals surface area contributed by atoms with Crippen molar-refractivity contribution in [1.82, 2.24) is 19.7 Å². The number of alkyl halides is 3. The number of nitrogens with zero attached hydrogens (tertiary/aromatic N) is 6. The largest absolute Gasteiger partial charge is 0.417 e. The number of carbonyl (C=O) groups excluding carboxylic acids is 2. The maximum absolute atomic E-state index is 12.8. The number of amides is 3. The first-order valence-corrected chi connectivity index (χ1v) is 13.6. The van der Waals surface area contributed by atoms with Gasteiger partial charge in [-0.05, 0) is 61.9 Å². The highest BCUT2D eigenvalue weighted by Gasteiger charge is 2.33. The Balaban J connectivity index is 1.29. The number of aryl methyl sites for hydroxylation is 1. The topological polar surface area (TPSA) is 115 Å². The van der Waals surface area contributed by atoms with Gasteiger partial charge in [0.15, 0.2) is 16.8 Å². The molecule has 2 aromatic heterocycles. The Morgan fingerprint density at radius 1 is 1.12 bits per heavy atom. The summed E-state index contributed by atoms with van der Waals surface area (Å²) in [5.74, 6) is 0.448. The van der Waals surface area contributed by atoms with Crippen molar-refractivity contribution in [1.29, 1.82) is 0 Å². The number of nitrogens with one attached hydrogen (secondary N) is 1. The number of pyridine rings is 1. The van der Waals surface area contributed by atoms with Crippen LogP contribution in [0, 0.1) is 6.92 Å². The Labute approximate surface area is 242 Å². The molecular formula is C28H24F3N7O3S. The van der Waals surface area contributed by atoms with Crippen molar-refractivity contribution < 1.29 is 27.5 Å². The highest BCUT2D eigenvalue weighted by Crippen LogP contribution is 2.35. The number of carbonyl (C=O) groups is 2. The second-order valence-electron chi connectivity index (χ2n) is 9.28. The molecule has 14 heteroatoms. The summed E-state index contributed by atoms with van der Waals surface area (Å²) < 4.78 is 45.1. The molecule has 1 N–H and O–H groups in total. The highest BCUT2D eigenvalue weighted by molar-refractivity contribution is 8.15. The minimum Gasteiger partial charge on any atom is -0.377 e. The molecule has 10 nitrogen and oxygen atoms in total.